The summed E-state index contributed by atoms with van der Waals surface area (Å²) < 4.78 is 0. The third-order valence-corrected chi connectivity index (χ3v) is 3.71. The van der Waals surface area contributed by atoms with E-state index in [4.69, 9.17) is 5.73 Å². The maximum absolute atomic E-state index is 12.2. The van der Waals surface area contributed by atoms with Gasteiger partial charge in [-0.3, -0.25) is 4.79 Å². The Balaban J connectivity index is 1.85. The Bertz CT molecular complexity index is 602. The lowest BCUT2D eigenvalue weighted by Crippen LogP contribution is -2.26. The van der Waals surface area contributed by atoms with Crippen molar-refractivity contribution in [3.63, 3.8) is 0 Å². The number of hydrogen-bond acceptors (Lipinski definition) is 2. The van der Waals surface area contributed by atoms with E-state index in [0.717, 1.165) is 23.7 Å². The summed E-state index contributed by atoms with van der Waals surface area (Å²) in [6, 6.07) is 5.92. The van der Waals surface area contributed by atoms with E-state index in [9.17, 15) is 4.79 Å². The Morgan fingerprint density at radius 1 is 1.56 bits per heavy atom. The zero-order valence-corrected chi connectivity index (χ0v) is 10.4. The lowest BCUT2D eigenvalue weighted by atomic mass is 10.1. The van der Waals surface area contributed by atoms with Crippen LogP contribution in [0.15, 0.2) is 24.4 Å². The van der Waals surface area contributed by atoms with Gasteiger partial charge >= 0.3 is 0 Å². The summed E-state index contributed by atoms with van der Waals surface area (Å²) >= 11 is 0. The van der Waals surface area contributed by atoms with E-state index >= 15 is 0 Å². The van der Waals surface area contributed by atoms with Crippen LogP contribution in [0.2, 0.25) is 0 Å². The second-order valence-corrected chi connectivity index (χ2v) is 4.99. The molecule has 0 saturated heterocycles. The molecule has 0 bridgehead atoms. The maximum atomic E-state index is 12.2. The summed E-state index contributed by atoms with van der Waals surface area (Å²) in [5.41, 5.74) is 8.06. The lowest BCUT2D eigenvalue weighted by Gasteiger charge is -2.03. The number of hydrogen-bond donors (Lipinski definition) is 3. The molecule has 1 saturated carbocycles. The fraction of sp³-hybridized carbons (Fsp3) is 0.357. The van der Waals surface area contributed by atoms with Gasteiger partial charge in [-0.05, 0) is 30.5 Å². The fourth-order valence-corrected chi connectivity index (χ4v) is 2.45. The van der Waals surface area contributed by atoms with Crippen LogP contribution < -0.4 is 11.1 Å². The van der Waals surface area contributed by atoms with Crippen molar-refractivity contribution in [1.82, 2.24) is 10.3 Å². The number of aromatic amines is 1. The minimum Gasteiger partial charge on any atom is -0.399 e. The Morgan fingerprint density at radius 3 is 3.11 bits per heavy atom. The van der Waals surface area contributed by atoms with Gasteiger partial charge in [0.05, 0.1) is 5.56 Å². The van der Waals surface area contributed by atoms with Gasteiger partial charge in [-0.25, -0.2) is 0 Å². The zero-order chi connectivity index (χ0) is 12.7. The van der Waals surface area contributed by atoms with E-state index in [1.54, 1.807) is 6.20 Å². The largest absolute Gasteiger partial charge is 0.399 e. The van der Waals surface area contributed by atoms with Crippen LogP contribution in [-0.2, 0) is 0 Å². The van der Waals surface area contributed by atoms with Crippen LogP contribution in [0.4, 0.5) is 5.69 Å². The van der Waals surface area contributed by atoms with Gasteiger partial charge < -0.3 is 16.0 Å². The van der Waals surface area contributed by atoms with Gasteiger partial charge in [-0.15, -0.1) is 0 Å². The molecular weight excluding hydrogens is 226 g/mol. The molecule has 3 rings (SSSR count). The molecule has 0 spiro atoms. The van der Waals surface area contributed by atoms with Gasteiger partial charge in [0.15, 0.2) is 0 Å². The zero-order valence-electron chi connectivity index (χ0n) is 10.4. The Morgan fingerprint density at radius 2 is 2.39 bits per heavy atom. The van der Waals surface area contributed by atoms with Crippen molar-refractivity contribution in [1.29, 1.82) is 0 Å². The van der Waals surface area contributed by atoms with E-state index in [1.165, 1.54) is 0 Å². The average Bonchev–Trinajstić information content (AvgIpc) is 2.97. The topological polar surface area (TPSA) is 70.9 Å². The summed E-state index contributed by atoms with van der Waals surface area (Å²) in [6.45, 7) is 2.16. The first-order chi connectivity index (χ1) is 8.69. The van der Waals surface area contributed by atoms with Crippen LogP contribution in [0.5, 0.6) is 0 Å². The van der Waals surface area contributed by atoms with Crippen LogP contribution >= 0.6 is 0 Å². The molecule has 2 aromatic rings. The molecule has 1 aliphatic rings. The van der Waals surface area contributed by atoms with Crippen LogP contribution in [0.3, 0.4) is 0 Å². The van der Waals surface area contributed by atoms with E-state index in [2.05, 4.69) is 17.2 Å². The Kier molecular flexibility index (Phi) is 2.51. The van der Waals surface area contributed by atoms with Crippen LogP contribution in [0.25, 0.3) is 10.9 Å². The summed E-state index contributed by atoms with van der Waals surface area (Å²) in [5, 5.41) is 3.96. The van der Waals surface area contributed by atoms with Gasteiger partial charge in [0, 0.05) is 28.8 Å². The van der Waals surface area contributed by atoms with Crippen molar-refractivity contribution in [3.8, 4) is 0 Å². The fourth-order valence-electron chi connectivity index (χ4n) is 2.45. The van der Waals surface area contributed by atoms with Gasteiger partial charge in [0.1, 0.15) is 0 Å². The number of carbonyl (C=O) groups excluding carboxylic acids is 1. The normalized spacial score (nSPS) is 22.1. The van der Waals surface area contributed by atoms with Crippen molar-refractivity contribution >= 4 is 22.5 Å². The third-order valence-electron chi connectivity index (χ3n) is 3.71. The lowest BCUT2D eigenvalue weighted by molar-refractivity contribution is 0.0950. The smallest absolute Gasteiger partial charge is 0.253 e. The molecule has 4 heteroatoms. The molecule has 0 aliphatic heterocycles. The number of H-pyrrole nitrogens is 1. The maximum Gasteiger partial charge on any atom is 0.253 e. The summed E-state index contributed by atoms with van der Waals surface area (Å²) in [5.74, 6) is 0.650. The first kappa shape index (κ1) is 11.1. The average molecular weight is 243 g/mol. The highest BCUT2D eigenvalue weighted by Crippen LogP contribution is 2.33. The molecule has 0 radical (unpaired) electrons. The molecule has 1 aliphatic carbocycles. The van der Waals surface area contributed by atoms with Gasteiger partial charge in [-0.2, -0.15) is 0 Å². The molecule has 94 valence electrons. The van der Waals surface area contributed by atoms with Gasteiger partial charge in [-0.1, -0.05) is 13.3 Å². The van der Waals surface area contributed by atoms with Crippen LogP contribution in [0, 0.1) is 5.92 Å². The monoisotopic (exact) mass is 243 g/mol. The van der Waals surface area contributed by atoms with E-state index in [1.807, 2.05) is 18.2 Å². The highest BCUT2D eigenvalue weighted by Gasteiger charge is 2.36. The number of amides is 1. The predicted molar refractivity (Wildman–Crippen MR) is 72.4 cm³/mol. The second-order valence-electron chi connectivity index (χ2n) is 4.99. The predicted octanol–water partition coefficient (Wildman–Crippen LogP) is 2.28. The summed E-state index contributed by atoms with van der Waals surface area (Å²) in [6.07, 6.45) is 3.99. The third kappa shape index (κ3) is 1.83. The first-order valence-electron chi connectivity index (χ1n) is 6.36. The summed E-state index contributed by atoms with van der Waals surface area (Å²) in [4.78, 5) is 15.3. The highest BCUT2D eigenvalue weighted by molar-refractivity contribution is 6.07. The molecule has 2 atom stereocenters. The Hall–Kier alpha value is -1.97. The minimum absolute atomic E-state index is 0.00667. The molecule has 4 N–H and O–H groups in total. The van der Waals surface area contributed by atoms with Crippen molar-refractivity contribution < 1.29 is 4.79 Å². The van der Waals surface area contributed by atoms with Gasteiger partial charge in [0.2, 0.25) is 0 Å². The molecular formula is C14H17N3O. The highest BCUT2D eigenvalue weighted by atomic mass is 16.1. The quantitative estimate of drug-likeness (QED) is 0.724. The molecule has 1 aromatic heterocycles. The molecule has 1 aromatic carbocycles. The Labute approximate surface area is 106 Å². The van der Waals surface area contributed by atoms with Crippen LogP contribution in [0.1, 0.15) is 30.1 Å². The van der Waals surface area contributed by atoms with E-state index < -0.39 is 0 Å². The summed E-state index contributed by atoms with van der Waals surface area (Å²) in [7, 11) is 0. The van der Waals surface area contributed by atoms with Crippen molar-refractivity contribution in [2.24, 2.45) is 5.92 Å². The molecule has 4 nitrogen and oxygen atoms in total. The molecule has 1 heterocycles. The number of benzene rings is 1. The standard InChI is InChI=1S/C14H17N3O/c1-2-8-5-13(8)17-14(18)11-7-16-12-4-3-9(15)6-10(11)12/h3-4,6-8,13,16H,2,5,15H2,1H3,(H,17,18). The SMILES string of the molecule is CCC1CC1NC(=O)c1c[nH]c2ccc(N)cc12. The van der Waals surface area contributed by atoms with Gasteiger partial charge in [0.25, 0.3) is 5.91 Å². The van der Waals surface area contributed by atoms with Crippen LogP contribution in [-0.4, -0.2) is 16.9 Å². The van der Waals surface area contributed by atoms with Crippen molar-refractivity contribution in [2.45, 2.75) is 25.8 Å². The number of anilines is 1. The number of rotatable bonds is 3. The van der Waals surface area contributed by atoms with E-state index in [-0.39, 0.29) is 5.91 Å². The molecule has 1 fully saturated rings. The second kappa shape index (κ2) is 4.05. The first-order valence-corrected chi connectivity index (χ1v) is 6.36. The van der Waals surface area contributed by atoms with Crippen molar-refractivity contribution in [2.75, 3.05) is 5.73 Å². The number of carbonyl (C=O) groups is 1. The number of fused-ring (bicyclic) bond motifs is 1. The molecule has 2 unspecified atom stereocenters. The minimum atomic E-state index is -0.00667. The number of nitrogens with one attached hydrogen (secondary N) is 2. The molecule has 1 amide bonds. The number of aromatic nitrogens is 1. The number of nitrogen functional groups attached to an aromatic ring is 1. The number of nitrogens with two attached hydrogens (primary N) is 1. The molecule has 18 heavy (non-hydrogen) atoms. The van der Waals surface area contributed by atoms with E-state index in [0.29, 0.717) is 23.2 Å². The van der Waals surface area contributed by atoms with Crippen molar-refractivity contribution in [3.05, 3.63) is 30.0 Å².